The Balaban J connectivity index is 1.56. The fraction of sp³-hybridized carbons (Fsp3) is 0.455. The maximum absolute atomic E-state index is 14.0. The summed E-state index contributed by atoms with van der Waals surface area (Å²) in [6.45, 7) is 8.24. The third-order valence-electron chi connectivity index (χ3n) is 4.83. The molecule has 29 heavy (non-hydrogen) atoms. The highest BCUT2D eigenvalue weighted by atomic mass is 19.1. The standard InChI is InChI=1S/C22H30FN5O/c1-3-24-22(26-14-17-7-9-18(10-8-17)16-29-4-2)27-19-11-13-28(15-19)21-20(23)6-5-12-25-21/h5-10,12,19H,3-4,11,13-16H2,1-2H3,(H2,24,26,27). The molecule has 1 unspecified atom stereocenters. The third kappa shape index (κ3) is 6.15. The van der Waals surface area contributed by atoms with Gasteiger partial charge in [0, 0.05) is 38.5 Å². The predicted molar refractivity (Wildman–Crippen MR) is 115 cm³/mol. The summed E-state index contributed by atoms with van der Waals surface area (Å²) < 4.78 is 19.4. The minimum atomic E-state index is -0.276. The minimum Gasteiger partial charge on any atom is -0.377 e. The lowest BCUT2D eigenvalue weighted by Gasteiger charge is -2.20. The van der Waals surface area contributed by atoms with Gasteiger partial charge in [0.2, 0.25) is 0 Å². The first-order valence-electron chi connectivity index (χ1n) is 10.3. The van der Waals surface area contributed by atoms with Crippen molar-refractivity contribution >= 4 is 11.8 Å². The van der Waals surface area contributed by atoms with Gasteiger partial charge in [-0.3, -0.25) is 0 Å². The second kappa shape index (κ2) is 10.8. The van der Waals surface area contributed by atoms with Crippen LogP contribution in [-0.4, -0.2) is 43.2 Å². The molecule has 1 aromatic carbocycles. The number of aliphatic imine (C=N–C) groups is 1. The van der Waals surface area contributed by atoms with Gasteiger partial charge in [0.05, 0.1) is 13.2 Å². The zero-order valence-corrected chi connectivity index (χ0v) is 17.2. The second-order valence-corrected chi connectivity index (χ2v) is 7.03. The van der Waals surface area contributed by atoms with Crippen LogP contribution in [-0.2, 0) is 17.9 Å². The van der Waals surface area contributed by atoms with Crippen molar-refractivity contribution < 1.29 is 9.13 Å². The smallest absolute Gasteiger partial charge is 0.191 e. The monoisotopic (exact) mass is 399 g/mol. The lowest BCUT2D eigenvalue weighted by atomic mass is 10.1. The van der Waals surface area contributed by atoms with Crippen LogP contribution in [0, 0.1) is 5.82 Å². The maximum atomic E-state index is 14.0. The van der Waals surface area contributed by atoms with Gasteiger partial charge in [-0.15, -0.1) is 0 Å². The van der Waals surface area contributed by atoms with Crippen LogP contribution in [0.25, 0.3) is 0 Å². The van der Waals surface area contributed by atoms with E-state index in [2.05, 4.69) is 39.9 Å². The molecule has 2 heterocycles. The van der Waals surface area contributed by atoms with E-state index in [0.29, 0.717) is 25.5 Å². The summed E-state index contributed by atoms with van der Waals surface area (Å²) in [5.74, 6) is 0.923. The number of hydrogen-bond donors (Lipinski definition) is 2. The zero-order chi connectivity index (χ0) is 20.5. The highest BCUT2D eigenvalue weighted by Crippen LogP contribution is 2.20. The van der Waals surface area contributed by atoms with Crippen molar-refractivity contribution in [1.82, 2.24) is 15.6 Å². The number of benzene rings is 1. The molecule has 0 aliphatic carbocycles. The molecule has 3 rings (SSSR count). The molecule has 7 heteroatoms. The maximum Gasteiger partial charge on any atom is 0.191 e. The molecule has 0 radical (unpaired) electrons. The number of hydrogen-bond acceptors (Lipinski definition) is 4. The van der Waals surface area contributed by atoms with E-state index >= 15 is 0 Å². The van der Waals surface area contributed by atoms with E-state index in [9.17, 15) is 4.39 Å². The van der Waals surface area contributed by atoms with Gasteiger partial charge < -0.3 is 20.3 Å². The van der Waals surface area contributed by atoms with Crippen LogP contribution in [0.3, 0.4) is 0 Å². The van der Waals surface area contributed by atoms with Crippen molar-refractivity contribution in [2.75, 3.05) is 31.1 Å². The van der Waals surface area contributed by atoms with Gasteiger partial charge in [0.1, 0.15) is 0 Å². The van der Waals surface area contributed by atoms with Gasteiger partial charge in [-0.05, 0) is 43.5 Å². The number of guanidine groups is 1. The first-order chi connectivity index (χ1) is 14.2. The van der Waals surface area contributed by atoms with E-state index in [1.165, 1.54) is 6.07 Å². The summed E-state index contributed by atoms with van der Waals surface area (Å²) in [7, 11) is 0. The van der Waals surface area contributed by atoms with Crippen molar-refractivity contribution in [1.29, 1.82) is 0 Å². The molecule has 0 saturated carbocycles. The third-order valence-corrected chi connectivity index (χ3v) is 4.83. The SMILES string of the molecule is CCNC(=NCc1ccc(COCC)cc1)NC1CCN(c2ncccc2F)C1. The van der Waals surface area contributed by atoms with E-state index in [0.717, 1.165) is 43.2 Å². The summed E-state index contributed by atoms with van der Waals surface area (Å²) in [5.41, 5.74) is 2.31. The number of halogens is 1. The van der Waals surface area contributed by atoms with Crippen LogP contribution in [0.5, 0.6) is 0 Å². The normalized spacial score (nSPS) is 16.9. The summed E-state index contributed by atoms with van der Waals surface area (Å²) in [4.78, 5) is 10.9. The summed E-state index contributed by atoms with van der Waals surface area (Å²) in [6.07, 6.45) is 2.54. The quantitative estimate of drug-likeness (QED) is 0.528. The summed E-state index contributed by atoms with van der Waals surface area (Å²) in [5, 5.41) is 6.77. The number of nitrogens with zero attached hydrogens (tertiary/aromatic N) is 3. The first-order valence-corrected chi connectivity index (χ1v) is 10.3. The minimum absolute atomic E-state index is 0.197. The predicted octanol–water partition coefficient (Wildman–Crippen LogP) is 3.09. The van der Waals surface area contributed by atoms with Crippen molar-refractivity contribution in [2.45, 2.75) is 39.5 Å². The number of rotatable bonds is 8. The molecule has 1 aromatic heterocycles. The molecule has 1 atom stereocenters. The summed E-state index contributed by atoms with van der Waals surface area (Å²) in [6, 6.07) is 11.6. The number of aromatic nitrogens is 1. The van der Waals surface area contributed by atoms with E-state index in [1.807, 2.05) is 18.7 Å². The van der Waals surface area contributed by atoms with Gasteiger partial charge in [0.15, 0.2) is 17.6 Å². The van der Waals surface area contributed by atoms with Crippen LogP contribution in [0.1, 0.15) is 31.4 Å². The average Bonchev–Trinajstić information content (AvgIpc) is 3.20. The first kappa shape index (κ1) is 21.0. The fourth-order valence-corrected chi connectivity index (χ4v) is 3.33. The van der Waals surface area contributed by atoms with Gasteiger partial charge in [-0.25, -0.2) is 14.4 Å². The van der Waals surface area contributed by atoms with Crippen LogP contribution < -0.4 is 15.5 Å². The molecule has 0 bridgehead atoms. The number of pyridine rings is 1. The van der Waals surface area contributed by atoms with E-state index in [1.54, 1.807) is 12.3 Å². The molecule has 6 nitrogen and oxygen atoms in total. The van der Waals surface area contributed by atoms with Crippen LogP contribution in [0.15, 0.2) is 47.6 Å². The molecular formula is C22H30FN5O. The van der Waals surface area contributed by atoms with E-state index in [4.69, 9.17) is 9.73 Å². The molecular weight excluding hydrogens is 369 g/mol. The molecule has 0 spiro atoms. The lowest BCUT2D eigenvalue weighted by Crippen LogP contribution is -2.44. The van der Waals surface area contributed by atoms with Gasteiger partial charge in [-0.2, -0.15) is 0 Å². The van der Waals surface area contributed by atoms with E-state index in [-0.39, 0.29) is 11.9 Å². The molecule has 2 N–H and O–H groups in total. The lowest BCUT2D eigenvalue weighted by molar-refractivity contribution is 0.134. The van der Waals surface area contributed by atoms with Crippen LogP contribution in [0.2, 0.25) is 0 Å². The average molecular weight is 400 g/mol. The summed E-state index contributed by atoms with van der Waals surface area (Å²) >= 11 is 0. The van der Waals surface area contributed by atoms with E-state index < -0.39 is 0 Å². The van der Waals surface area contributed by atoms with Gasteiger partial charge >= 0.3 is 0 Å². The van der Waals surface area contributed by atoms with Gasteiger partial charge in [-0.1, -0.05) is 24.3 Å². The van der Waals surface area contributed by atoms with Crippen molar-refractivity contribution in [3.63, 3.8) is 0 Å². The molecule has 1 saturated heterocycles. The Bertz CT molecular complexity index is 796. The topological polar surface area (TPSA) is 61.8 Å². The highest BCUT2D eigenvalue weighted by molar-refractivity contribution is 5.80. The Morgan fingerprint density at radius 1 is 1.24 bits per heavy atom. The Morgan fingerprint density at radius 2 is 2.03 bits per heavy atom. The Labute approximate surface area is 172 Å². The van der Waals surface area contributed by atoms with Crippen LogP contribution in [0.4, 0.5) is 10.2 Å². The Kier molecular flexibility index (Phi) is 7.81. The Hall–Kier alpha value is -2.67. The molecule has 2 aromatic rings. The zero-order valence-electron chi connectivity index (χ0n) is 17.2. The Morgan fingerprint density at radius 3 is 2.76 bits per heavy atom. The second-order valence-electron chi connectivity index (χ2n) is 7.03. The fourth-order valence-electron chi connectivity index (χ4n) is 3.33. The molecule has 1 fully saturated rings. The number of ether oxygens (including phenoxy) is 1. The molecule has 156 valence electrons. The largest absolute Gasteiger partial charge is 0.377 e. The molecule has 0 amide bonds. The number of nitrogens with one attached hydrogen (secondary N) is 2. The van der Waals surface area contributed by atoms with Crippen molar-refractivity contribution in [2.24, 2.45) is 4.99 Å². The van der Waals surface area contributed by atoms with Crippen LogP contribution >= 0.6 is 0 Å². The highest BCUT2D eigenvalue weighted by Gasteiger charge is 2.25. The molecule has 1 aliphatic rings. The number of anilines is 1. The van der Waals surface area contributed by atoms with Crippen molar-refractivity contribution in [3.8, 4) is 0 Å². The van der Waals surface area contributed by atoms with Crippen molar-refractivity contribution in [3.05, 3.63) is 59.5 Å². The van der Waals surface area contributed by atoms with Gasteiger partial charge in [0.25, 0.3) is 0 Å². The molecule has 1 aliphatic heterocycles.